The molecule has 0 unspecified atom stereocenters. The lowest BCUT2D eigenvalue weighted by atomic mass is 10.2. The normalized spacial score (nSPS) is 19.4. The summed E-state index contributed by atoms with van der Waals surface area (Å²) in [6.07, 6.45) is 1.24. The fourth-order valence-corrected chi connectivity index (χ4v) is 4.41. The Kier molecular flexibility index (Phi) is 5.14. The van der Waals surface area contributed by atoms with Gasteiger partial charge in [0, 0.05) is 19.1 Å². The second-order valence-corrected chi connectivity index (χ2v) is 9.20. The average Bonchev–Trinajstić information content (AvgIpc) is 3.06. The molecule has 1 aliphatic rings. The fraction of sp³-hybridized carbons (Fsp3) is 0.643. The molecule has 1 N–H and O–H groups in total. The molecule has 1 atom stereocenters. The molecule has 1 saturated heterocycles. The van der Waals surface area contributed by atoms with Crippen LogP contribution in [0, 0.1) is 0 Å². The van der Waals surface area contributed by atoms with E-state index in [1.54, 1.807) is 22.4 Å². The van der Waals surface area contributed by atoms with Crippen LogP contribution in [-0.2, 0) is 14.8 Å². The third kappa shape index (κ3) is 4.44. The summed E-state index contributed by atoms with van der Waals surface area (Å²) in [4.78, 5) is 13.8. The Hall–Kier alpha value is -1.12. The lowest BCUT2D eigenvalue weighted by Gasteiger charge is -2.28. The Morgan fingerprint density at radius 2 is 2.23 bits per heavy atom. The largest absolute Gasteiger partial charge is 0.444 e. The topological polar surface area (TPSA) is 75.7 Å². The molecule has 2 rings (SSSR count). The number of carbonyl (C=O) groups excluding carboxylic acids is 1. The van der Waals surface area contributed by atoms with Crippen molar-refractivity contribution in [1.29, 1.82) is 0 Å². The van der Waals surface area contributed by atoms with E-state index in [9.17, 15) is 13.2 Å². The molecule has 0 aromatic carbocycles. The number of likely N-dealkylation sites (tertiary alicyclic amines) is 1. The van der Waals surface area contributed by atoms with Crippen LogP contribution in [0.2, 0.25) is 0 Å². The van der Waals surface area contributed by atoms with Gasteiger partial charge in [-0.3, -0.25) is 0 Å². The SMILES string of the molecule is CC(C)(C)OC(=O)N1CCC[C@@H]1CNS(=O)(=O)c1cccs1. The van der Waals surface area contributed by atoms with Gasteiger partial charge in [0.2, 0.25) is 10.0 Å². The van der Waals surface area contributed by atoms with Gasteiger partial charge >= 0.3 is 6.09 Å². The number of hydrogen-bond acceptors (Lipinski definition) is 5. The molecular formula is C14H22N2O4S2. The second-order valence-electron chi connectivity index (χ2n) is 6.25. The van der Waals surface area contributed by atoms with Gasteiger partial charge in [-0.15, -0.1) is 11.3 Å². The third-order valence-electron chi connectivity index (χ3n) is 3.27. The third-order valence-corrected chi connectivity index (χ3v) is 6.10. The standard InChI is InChI=1S/C14H22N2O4S2/c1-14(2,3)20-13(17)16-8-4-6-11(16)10-15-22(18,19)12-7-5-9-21-12/h5,7,9,11,15H,4,6,8,10H2,1-3H3/t11-/m1/s1. The van der Waals surface area contributed by atoms with E-state index in [2.05, 4.69) is 4.72 Å². The van der Waals surface area contributed by atoms with Gasteiger partial charge in [0.25, 0.3) is 0 Å². The first kappa shape index (κ1) is 17.2. The summed E-state index contributed by atoms with van der Waals surface area (Å²) < 4.78 is 32.5. The van der Waals surface area contributed by atoms with E-state index in [4.69, 9.17) is 4.74 Å². The number of amides is 1. The minimum absolute atomic E-state index is 0.162. The maximum absolute atomic E-state index is 12.2. The molecule has 0 spiro atoms. The lowest BCUT2D eigenvalue weighted by Crippen LogP contribution is -2.45. The van der Waals surface area contributed by atoms with Crippen molar-refractivity contribution in [3.63, 3.8) is 0 Å². The van der Waals surface area contributed by atoms with Crippen LogP contribution in [0.1, 0.15) is 33.6 Å². The molecule has 8 heteroatoms. The smallest absolute Gasteiger partial charge is 0.410 e. The quantitative estimate of drug-likeness (QED) is 0.908. The van der Waals surface area contributed by atoms with E-state index in [1.165, 1.54) is 11.3 Å². The summed E-state index contributed by atoms with van der Waals surface area (Å²) in [5.41, 5.74) is -0.555. The molecule has 6 nitrogen and oxygen atoms in total. The van der Waals surface area contributed by atoms with Gasteiger partial charge in [0.15, 0.2) is 0 Å². The molecule has 2 heterocycles. The molecule has 22 heavy (non-hydrogen) atoms. The number of ether oxygens (including phenoxy) is 1. The van der Waals surface area contributed by atoms with Gasteiger partial charge in [0.1, 0.15) is 9.81 Å². The molecule has 0 saturated carbocycles. The number of sulfonamides is 1. The van der Waals surface area contributed by atoms with Crippen molar-refractivity contribution in [1.82, 2.24) is 9.62 Å². The first-order valence-corrected chi connectivity index (χ1v) is 9.58. The van der Waals surface area contributed by atoms with Crippen LogP contribution < -0.4 is 4.72 Å². The highest BCUT2D eigenvalue weighted by molar-refractivity contribution is 7.91. The van der Waals surface area contributed by atoms with Gasteiger partial charge in [-0.05, 0) is 45.1 Å². The van der Waals surface area contributed by atoms with Crippen LogP contribution in [0.3, 0.4) is 0 Å². The first-order valence-electron chi connectivity index (χ1n) is 7.22. The van der Waals surface area contributed by atoms with E-state index in [-0.39, 0.29) is 22.9 Å². The molecule has 1 aliphatic heterocycles. The zero-order chi connectivity index (χ0) is 16.4. The van der Waals surface area contributed by atoms with Gasteiger partial charge in [-0.25, -0.2) is 17.9 Å². The second kappa shape index (κ2) is 6.55. The summed E-state index contributed by atoms with van der Waals surface area (Å²) in [6, 6.07) is 3.10. The monoisotopic (exact) mass is 346 g/mol. The zero-order valence-electron chi connectivity index (χ0n) is 13.0. The highest BCUT2D eigenvalue weighted by atomic mass is 32.2. The van der Waals surface area contributed by atoms with Crippen molar-refractivity contribution in [2.45, 2.75) is 49.5 Å². The van der Waals surface area contributed by atoms with Crippen molar-refractivity contribution < 1.29 is 17.9 Å². The Morgan fingerprint density at radius 1 is 1.50 bits per heavy atom. The van der Waals surface area contributed by atoms with Crippen molar-refractivity contribution in [2.75, 3.05) is 13.1 Å². The van der Waals surface area contributed by atoms with Crippen LogP contribution in [0.5, 0.6) is 0 Å². The fourth-order valence-electron chi connectivity index (χ4n) is 2.30. The average molecular weight is 346 g/mol. The minimum Gasteiger partial charge on any atom is -0.444 e. The maximum atomic E-state index is 12.2. The van der Waals surface area contributed by atoms with Crippen LogP contribution in [0.25, 0.3) is 0 Å². The molecule has 124 valence electrons. The minimum atomic E-state index is -3.50. The predicted molar refractivity (Wildman–Crippen MR) is 85.5 cm³/mol. The highest BCUT2D eigenvalue weighted by Crippen LogP contribution is 2.21. The van der Waals surface area contributed by atoms with E-state index < -0.39 is 15.6 Å². The zero-order valence-corrected chi connectivity index (χ0v) is 14.7. The Morgan fingerprint density at radius 3 is 2.82 bits per heavy atom. The number of nitrogens with one attached hydrogen (secondary N) is 1. The molecule has 0 aliphatic carbocycles. The summed E-state index contributed by atoms with van der Waals surface area (Å²) in [6.45, 7) is 6.25. The van der Waals surface area contributed by atoms with Crippen molar-refractivity contribution in [3.8, 4) is 0 Å². The van der Waals surface area contributed by atoms with Gasteiger partial charge < -0.3 is 9.64 Å². The van der Waals surface area contributed by atoms with Crippen molar-refractivity contribution in [2.24, 2.45) is 0 Å². The number of rotatable bonds is 4. The lowest BCUT2D eigenvalue weighted by molar-refractivity contribution is 0.0229. The van der Waals surface area contributed by atoms with Gasteiger partial charge in [-0.2, -0.15) is 0 Å². The summed E-state index contributed by atoms with van der Waals surface area (Å²) in [5, 5.41) is 1.72. The van der Waals surface area contributed by atoms with Crippen LogP contribution in [-0.4, -0.2) is 44.1 Å². The van der Waals surface area contributed by atoms with E-state index >= 15 is 0 Å². The van der Waals surface area contributed by atoms with Crippen LogP contribution in [0.15, 0.2) is 21.7 Å². The Bertz CT molecular complexity index is 605. The van der Waals surface area contributed by atoms with Gasteiger partial charge in [-0.1, -0.05) is 6.07 Å². The molecule has 0 bridgehead atoms. The first-order chi connectivity index (χ1) is 10.2. The van der Waals surface area contributed by atoms with Crippen molar-refractivity contribution >= 4 is 27.5 Å². The number of nitrogens with zero attached hydrogens (tertiary/aromatic N) is 1. The number of carbonyl (C=O) groups is 1. The molecule has 1 aromatic rings. The molecule has 0 radical (unpaired) electrons. The van der Waals surface area contributed by atoms with E-state index in [0.29, 0.717) is 6.54 Å². The summed E-state index contributed by atoms with van der Waals surface area (Å²) in [7, 11) is -3.50. The van der Waals surface area contributed by atoms with Crippen LogP contribution in [0.4, 0.5) is 4.79 Å². The molecule has 1 amide bonds. The predicted octanol–water partition coefficient (Wildman–Crippen LogP) is 2.43. The highest BCUT2D eigenvalue weighted by Gasteiger charge is 2.33. The van der Waals surface area contributed by atoms with Crippen LogP contribution >= 0.6 is 11.3 Å². The number of hydrogen-bond donors (Lipinski definition) is 1. The van der Waals surface area contributed by atoms with Crippen molar-refractivity contribution in [3.05, 3.63) is 17.5 Å². The molecular weight excluding hydrogens is 324 g/mol. The maximum Gasteiger partial charge on any atom is 0.410 e. The van der Waals surface area contributed by atoms with E-state index in [0.717, 1.165) is 12.8 Å². The number of thiophene rings is 1. The Balaban J connectivity index is 1.96. The Labute approximate surface area is 135 Å². The summed E-state index contributed by atoms with van der Waals surface area (Å²) >= 11 is 1.17. The molecule has 1 aromatic heterocycles. The van der Waals surface area contributed by atoms with Gasteiger partial charge in [0.05, 0.1) is 0 Å². The van der Waals surface area contributed by atoms with E-state index in [1.807, 2.05) is 20.8 Å². The molecule has 1 fully saturated rings. The summed E-state index contributed by atoms with van der Waals surface area (Å²) in [5.74, 6) is 0.